The van der Waals surface area contributed by atoms with E-state index in [4.69, 9.17) is 0 Å². The zero-order valence-electron chi connectivity index (χ0n) is 23.1. The summed E-state index contributed by atoms with van der Waals surface area (Å²) in [6, 6.07) is 15.0. The first kappa shape index (κ1) is 25.0. The quantitative estimate of drug-likeness (QED) is 0.271. The van der Waals surface area contributed by atoms with E-state index in [1.165, 1.54) is 35.1 Å². The molecule has 0 saturated heterocycles. The predicted octanol–water partition coefficient (Wildman–Crippen LogP) is 5.75. The third kappa shape index (κ3) is 5.57. The lowest BCUT2D eigenvalue weighted by Crippen LogP contribution is -2.20. The van der Waals surface area contributed by atoms with Gasteiger partial charge in [-0.1, -0.05) is 38.1 Å². The number of nitrogens with zero attached hydrogens (tertiary/aromatic N) is 7. The Morgan fingerprint density at radius 1 is 1.07 bits per heavy atom. The SMILES string of the molecule is [2H]C(Nc1cc(C#N)c2ncc(C#N)c(NCC(C)(C)C)c2c1)(c1ccc(F)cc1)c1cn(-c2cccnc2)nn1. The summed E-state index contributed by atoms with van der Waals surface area (Å²) in [6.07, 6.45) is 6.30. The Morgan fingerprint density at radius 3 is 2.52 bits per heavy atom. The van der Waals surface area contributed by atoms with Crippen molar-refractivity contribution in [3.8, 4) is 17.8 Å². The third-order valence-corrected chi connectivity index (χ3v) is 6.07. The Labute approximate surface area is 232 Å². The van der Waals surface area contributed by atoms with Crippen molar-refractivity contribution in [2.24, 2.45) is 5.41 Å². The summed E-state index contributed by atoms with van der Waals surface area (Å²) >= 11 is 0. The molecule has 0 amide bonds. The molecular weight excluding hydrogens is 505 g/mol. The second kappa shape index (κ2) is 10.8. The van der Waals surface area contributed by atoms with Crippen LogP contribution in [0.3, 0.4) is 0 Å². The van der Waals surface area contributed by atoms with Gasteiger partial charge in [0, 0.05) is 30.0 Å². The molecule has 198 valence electrons. The maximum absolute atomic E-state index is 13.9. The van der Waals surface area contributed by atoms with E-state index in [1.807, 2.05) is 0 Å². The fraction of sp³-hybridized carbons (Fsp3) is 0.200. The van der Waals surface area contributed by atoms with Crippen LogP contribution >= 0.6 is 0 Å². The average Bonchev–Trinajstić information content (AvgIpc) is 3.47. The number of halogens is 1. The van der Waals surface area contributed by atoms with Crippen LogP contribution in [0.1, 0.15) is 50.5 Å². The molecule has 0 bridgehead atoms. The number of pyridine rings is 2. The van der Waals surface area contributed by atoms with Crippen LogP contribution in [0.2, 0.25) is 0 Å². The zero-order valence-corrected chi connectivity index (χ0v) is 22.1. The molecule has 2 N–H and O–H groups in total. The standard InChI is InChI=1S/C30H26FN9/c1-30(2,3)18-36-28-21(14-33)15-35-27-20(13-32)11-23(12-25(27)28)37-29(19-6-8-22(31)9-7-19)26-17-40(39-38-26)24-5-4-10-34-16-24/h4-12,15-17,29,37H,18H2,1-3H3,(H,35,36)/i29D. The lowest BCUT2D eigenvalue weighted by atomic mass is 9.96. The lowest BCUT2D eigenvalue weighted by molar-refractivity contribution is 0.443. The Bertz CT molecular complexity index is 1800. The summed E-state index contributed by atoms with van der Waals surface area (Å²) in [6.45, 7) is 6.77. The van der Waals surface area contributed by atoms with Crippen molar-refractivity contribution in [2.75, 3.05) is 17.2 Å². The summed E-state index contributed by atoms with van der Waals surface area (Å²) in [5.41, 5.74) is 3.14. The van der Waals surface area contributed by atoms with Gasteiger partial charge < -0.3 is 10.6 Å². The summed E-state index contributed by atoms with van der Waals surface area (Å²) in [5, 5.41) is 35.4. The highest BCUT2D eigenvalue weighted by molar-refractivity contribution is 5.99. The topological polar surface area (TPSA) is 128 Å². The van der Waals surface area contributed by atoms with Crippen LogP contribution in [-0.4, -0.2) is 31.5 Å². The van der Waals surface area contributed by atoms with E-state index < -0.39 is 11.8 Å². The van der Waals surface area contributed by atoms with Crippen LogP contribution in [-0.2, 0) is 0 Å². The van der Waals surface area contributed by atoms with Crippen molar-refractivity contribution < 1.29 is 5.76 Å². The molecule has 1 atom stereocenters. The van der Waals surface area contributed by atoms with Crippen LogP contribution < -0.4 is 10.6 Å². The van der Waals surface area contributed by atoms with Gasteiger partial charge in [0.05, 0.1) is 47.8 Å². The zero-order chi connectivity index (χ0) is 29.2. The molecule has 10 heteroatoms. The van der Waals surface area contributed by atoms with Gasteiger partial charge in [0.15, 0.2) is 0 Å². The minimum absolute atomic E-state index is 0.0880. The first-order valence-corrected chi connectivity index (χ1v) is 12.5. The Morgan fingerprint density at radius 2 is 1.85 bits per heavy atom. The smallest absolute Gasteiger partial charge is 0.123 e. The highest BCUT2D eigenvalue weighted by Gasteiger charge is 2.21. The van der Waals surface area contributed by atoms with Gasteiger partial charge in [-0.15, -0.1) is 5.10 Å². The van der Waals surface area contributed by atoms with Crippen molar-refractivity contribution in [2.45, 2.75) is 26.8 Å². The predicted molar refractivity (Wildman–Crippen MR) is 150 cm³/mol. The molecule has 0 saturated carbocycles. The Hall–Kier alpha value is -5.35. The van der Waals surface area contributed by atoms with E-state index in [0.717, 1.165) is 0 Å². The van der Waals surface area contributed by atoms with E-state index >= 15 is 0 Å². The second-order valence-corrected chi connectivity index (χ2v) is 10.4. The van der Waals surface area contributed by atoms with Crippen LogP contribution in [0.5, 0.6) is 0 Å². The largest absolute Gasteiger partial charge is 0.383 e. The van der Waals surface area contributed by atoms with Crippen LogP contribution in [0, 0.1) is 33.9 Å². The number of anilines is 2. The minimum atomic E-state index is -1.74. The molecule has 0 aliphatic carbocycles. The number of nitrogens with one attached hydrogen (secondary N) is 2. The maximum Gasteiger partial charge on any atom is 0.123 e. The van der Waals surface area contributed by atoms with Gasteiger partial charge in [-0.25, -0.2) is 9.07 Å². The van der Waals surface area contributed by atoms with E-state index in [2.05, 4.69) is 63.8 Å². The number of hydrogen-bond donors (Lipinski definition) is 2. The average molecular weight is 533 g/mol. The third-order valence-electron chi connectivity index (χ3n) is 6.07. The molecule has 0 aliphatic heterocycles. The van der Waals surface area contributed by atoms with Crippen LogP contribution in [0.15, 0.2) is 73.3 Å². The molecule has 1 unspecified atom stereocenters. The fourth-order valence-corrected chi connectivity index (χ4v) is 4.13. The Balaban J connectivity index is 1.66. The molecule has 9 nitrogen and oxygen atoms in total. The molecule has 0 aliphatic rings. The van der Waals surface area contributed by atoms with E-state index in [0.29, 0.717) is 45.6 Å². The molecule has 3 aromatic heterocycles. The summed E-state index contributed by atoms with van der Waals surface area (Å²) in [5.74, 6) is -0.447. The first-order chi connectivity index (χ1) is 19.6. The summed E-state index contributed by atoms with van der Waals surface area (Å²) in [7, 11) is 0. The van der Waals surface area contributed by atoms with Gasteiger partial charge in [0.2, 0.25) is 0 Å². The molecule has 5 rings (SSSR count). The van der Waals surface area contributed by atoms with E-state index in [-0.39, 0.29) is 16.7 Å². The van der Waals surface area contributed by atoms with Crippen molar-refractivity contribution in [1.29, 1.82) is 10.5 Å². The van der Waals surface area contributed by atoms with Gasteiger partial charge in [-0.3, -0.25) is 9.97 Å². The summed E-state index contributed by atoms with van der Waals surface area (Å²) < 4.78 is 25.0. The monoisotopic (exact) mass is 532 g/mol. The van der Waals surface area contributed by atoms with E-state index in [9.17, 15) is 16.3 Å². The lowest BCUT2D eigenvalue weighted by Gasteiger charge is -2.22. The number of hydrogen-bond acceptors (Lipinski definition) is 8. The first-order valence-electron chi connectivity index (χ1n) is 13.0. The van der Waals surface area contributed by atoms with E-state index in [1.54, 1.807) is 42.9 Å². The second-order valence-electron chi connectivity index (χ2n) is 10.4. The number of benzene rings is 2. The fourth-order valence-electron chi connectivity index (χ4n) is 4.13. The molecule has 40 heavy (non-hydrogen) atoms. The van der Waals surface area contributed by atoms with Gasteiger partial charge in [0.25, 0.3) is 0 Å². The number of rotatable bonds is 7. The number of nitriles is 2. The molecule has 0 spiro atoms. The van der Waals surface area contributed by atoms with Gasteiger partial charge in [-0.05, 0) is 47.4 Å². The van der Waals surface area contributed by atoms with Gasteiger partial charge >= 0.3 is 0 Å². The molecule has 2 aromatic carbocycles. The Kier molecular flexibility index (Phi) is 6.73. The van der Waals surface area contributed by atoms with Crippen molar-refractivity contribution in [1.82, 2.24) is 25.0 Å². The van der Waals surface area contributed by atoms with Crippen molar-refractivity contribution >= 4 is 22.3 Å². The molecule has 0 fully saturated rings. The van der Waals surface area contributed by atoms with Crippen molar-refractivity contribution in [3.05, 3.63) is 102 Å². The highest BCUT2D eigenvalue weighted by Crippen LogP contribution is 2.34. The molecule has 0 radical (unpaired) electrons. The highest BCUT2D eigenvalue weighted by atomic mass is 19.1. The number of fused-ring (bicyclic) bond motifs is 1. The van der Waals surface area contributed by atoms with Crippen LogP contribution in [0.4, 0.5) is 15.8 Å². The molecule has 3 heterocycles. The van der Waals surface area contributed by atoms with Gasteiger partial charge in [0.1, 0.15) is 23.6 Å². The molecule has 5 aromatic rings. The number of aromatic nitrogens is 5. The molecular formula is C30H26FN9. The van der Waals surface area contributed by atoms with Gasteiger partial charge in [-0.2, -0.15) is 10.5 Å². The normalized spacial score (nSPS) is 13.1. The minimum Gasteiger partial charge on any atom is -0.383 e. The summed E-state index contributed by atoms with van der Waals surface area (Å²) in [4.78, 5) is 8.51. The maximum atomic E-state index is 13.9. The van der Waals surface area contributed by atoms with Crippen molar-refractivity contribution in [3.63, 3.8) is 0 Å². The van der Waals surface area contributed by atoms with Crippen LogP contribution in [0.25, 0.3) is 16.6 Å².